The van der Waals surface area contributed by atoms with Gasteiger partial charge >= 0.3 is 0 Å². The number of aromatic nitrogens is 2. The maximum Gasteiger partial charge on any atom is 0.272 e. The molecule has 1 aromatic heterocycles. The van der Waals surface area contributed by atoms with Crippen LogP contribution < -0.4 is 14.8 Å². The van der Waals surface area contributed by atoms with Crippen molar-refractivity contribution in [2.75, 3.05) is 13.3 Å². The lowest BCUT2D eigenvalue weighted by Crippen LogP contribution is -2.30. The number of hydrogen-bond donors (Lipinski definition) is 1. The Morgan fingerprint density at radius 1 is 1.06 bits per heavy atom. The maximum atomic E-state index is 13.2. The van der Waals surface area contributed by atoms with Gasteiger partial charge in [-0.25, -0.2) is 0 Å². The van der Waals surface area contributed by atoms with E-state index in [9.17, 15) is 9.59 Å². The highest BCUT2D eigenvalue weighted by atomic mass is 16.7. The molecule has 0 fully saturated rings. The number of amides is 2. The van der Waals surface area contributed by atoms with Crippen molar-refractivity contribution in [3.05, 3.63) is 76.6 Å². The van der Waals surface area contributed by atoms with Crippen LogP contribution in [0.5, 0.6) is 11.5 Å². The maximum absolute atomic E-state index is 13.2. The molecule has 2 aliphatic rings. The Balaban J connectivity index is 1.28. The van der Waals surface area contributed by atoms with E-state index in [1.807, 2.05) is 48.2 Å². The van der Waals surface area contributed by atoms with E-state index in [0.717, 1.165) is 23.1 Å². The van der Waals surface area contributed by atoms with Gasteiger partial charge in [-0.05, 0) is 36.6 Å². The lowest BCUT2D eigenvalue weighted by atomic mass is 10.1. The zero-order valence-electron chi connectivity index (χ0n) is 17.8. The van der Waals surface area contributed by atoms with Gasteiger partial charge in [-0.1, -0.05) is 35.9 Å². The highest BCUT2D eigenvalue weighted by molar-refractivity contribution is 5.98. The van der Waals surface area contributed by atoms with Crippen molar-refractivity contribution in [3.8, 4) is 11.5 Å². The largest absolute Gasteiger partial charge is 0.454 e. The third-order valence-corrected chi connectivity index (χ3v) is 5.66. The summed E-state index contributed by atoms with van der Waals surface area (Å²) in [5.74, 6) is 0.948. The molecule has 0 atom stereocenters. The Kier molecular flexibility index (Phi) is 5.26. The van der Waals surface area contributed by atoms with Crippen LogP contribution >= 0.6 is 0 Å². The molecule has 0 spiro atoms. The molecule has 5 rings (SSSR count). The summed E-state index contributed by atoms with van der Waals surface area (Å²) >= 11 is 0. The monoisotopic (exact) mass is 432 g/mol. The van der Waals surface area contributed by atoms with Crippen LogP contribution in [0.1, 0.15) is 44.1 Å². The number of nitrogens with one attached hydrogen (secondary N) is 1. The number of aryl methyl sites for hydroxylation is 2. The second kappa shape index (κ2) is 8.37. The van der Waals surface area contributed by atoms with E-state index in [2.05, 4.69) is 16.5 Å². The van der Waals surface area contributed by atoms with Crippen molar-refractivity contribution in [2.24, 2.45) is 0 Å². The number of ether oxygens (including phenoxy) is 2. The fraction of sp³-hybridized carbons (Fsp3) is 0.292. The van der Waals surface area contributed by atoms with E-state index < -0.39 is 0 Å². The molecule has 0 unspecified atom stereocenters. The third kappa shape index (κ3) is 4.03. The number of fused-ring (bicyclic) bond motifs is 2. The second-order valence-electron chi connectivity index (χ2n) is 8.08. The van der Waals surface area contributed by atoms with Crippen LogP contribution in [0.4, 0.5) is 0 Å². The summed E-state index contributed by atoms with van der Waals surface area (Å²) in [7, 11) is 0. The highest BCUT2D eigenvalue weighted by Gasteiger charge is 2.26. The van der Waals surface area contributed by atoms with Crippen LogP contribution in [0.2, 0.25) is 0 Å². The molecule has 0 bridgehead atoms. The zero-order chi connectivity index (χ0) is 22.1. The fourth-order valence-corrected chi connectivity index (χ4v) is 4.05. The number of carbonyl (C=O) groups excluding carboxylic acids is 2. The van der Waals surface area contributed by atoms with Crippen molar-refractivity contribution in [1.29, 1.82) is 0 Å². The van der Waals surface area contributed by atoms with Crippen molar-refractivity contribution >= 4 is 11.8 Å². The standard InChI is InChI=1S/C24H24N4O4/c1-16-4-2-5-18(10-16)14-27-8-3-9-28-20(24(27)30)12-19(26-28)23(29)25-13-17-6-7-21-22(11-17)32-15-31-21/h2,4-7,10-12H,3,8-9,13-15H2,1H3,(H,25,29). The number of benzene rings is 2. The Bertz CT molecular complexity index is 1190. The lowest BCUT2D eigenvalue weighted by molar-refractivity contribution is 0.0745. The molecule has 8 nitrogen and oxygen atoms in total. The molecular formula is C24H24N4O4. The van der Waals surface area contributed by atoms with Crippen molar-refractivity contribution in [2.45, 2.75) is 33.0 Å². The van der Waals surface area contributed by atoms with Gasteiger partial charge in [0, 0.05) is 32.2 Å². The van der Waals surface area contributed by atoms with Crippen LogP contribution in [0, 0.1) is 6.92 Å². The van der Waals surface area contributed by atoms with Crippen LogP contribution in [-0.2, 0) is 19.6 Å². The third-order valence-electron chi connectivity index (χ3n) is 5.66. The average molecular weight is 432 g/mol. The van der Waals surface area contributed by atoms with Crippen LogP contribution in [0.25, 0.3) is 0 Å². The molecule has 3 aromatic rings. The van der Waals surface area contributed by atoms with Gasteiger partial charge in [0.25, 0.3) is 11.8 Å². The van der Waals surface area contributed by atoms with Crippen molar-refractivity contribution in [3.63, 3.8) is 0 Å². The van der Waals surface area contributed by atoms with Gasteiger partial charge in [0.1, 0.15) is 5.69 Å². The normalized spacial score (nSPS) is 14.8. The molecule has 0 radical (unpaired) electrons. The molecule has 2 aromatic carbocycles. The molecule has 0 saturated heterocycles. The minimum absolute atomic E-state index is 0.105. The highest BCUT2D eigenvalue weighted by Crippen LogP contribution is 2.32. The minimum Gasteiger partial charge on any atom is -0.454 e. The fourth-order valence-electron chi connectivity index (χ4n) is 4.05. The van der Waals surface area contributed by atoms with Crippen LogP contribution in [-0.4, -0.2) is 39.8 Å². The number of rotatable bonds is 5. The molecule has 164 valence electrons. The van der Waals surface area contributed by atoms with Gasteiger partial charge in [0.2, 0.25) is 6.79 Å². The van der Waals surface area contributed by atoms with Gasteiger partial charge in [0.15, 0.2) is 17.2 Å². The summed E-state index contributed by atoms with van der Waals surface area (Å²) < 4.78 is 12.3. The summed E-state index contributed by atoms with van der Waals surface area (Å²) in [5, 5.41) is 7.27. The topological polar surface area (TPSA) is 85.7 Å². The smallest absolute Gasteiger partial charge is 0.272 e. The molecule has 32 heavy (non-hydrogen) atoms. The number of carbonyl (C=O) groups is 2. The summed E-state index contributed by atoms with van der Waals surface area (Å²) in [6, 6.07) is 15.3. The molecule has 8 heteroatoms. The van der Waals surface area contributed by atoms with E-state index in [1.54, 1.807) is 10.7 Å². The first-order valence-electron chi connectivity index (χ1n) is 10.7. The molecule has 3 heterocycles. The van der Waals surface area contributed by atoms with E-state index in [0.29, 0.717) is 43.4 Å². The van der Waals surface area contributed by atoms with Gasteiger partial charge < -0.3 is 19.7 Å². The molecule has 2 aliphatic heterocycles. The first-order valence-corrected chi connectivity index (χ1v) is 10.7. The molecule has 2 amide bonds. The number of hydrogen-bond acceptors (Lipinski definition) is 5. The zero-order valence-corrected chi connectivity index (χ0v) is 17.8. The van der Waals surface area contributed by atoms with Crippen LogP contribution in [0.3, 0.4) is 0 Å². The first-order chi connectivity index (χ1) is 15.6. The van der Waals surface area contributed by atoms with Crippen molar-refractivity contribution in [1.82, 2.24) is 20.0 Å². The van der Waals surface area contributed by atoms with Gasteiger partial charge in [-0.15, -0.1) is 0 Å². The van der Waals surface area contributed by atoms with Gasteiger partial charge in [-0.3, -0.25) is 14.3 Å². The first kappa shape index (κ1) is 20.1. The Hall–Kier alpha value is -3.81. The van der Waals surface area contributed by atoms with Crippen molar-refractivity contribution < 1.29 is 19.1 Å². The van der Waals surface area contributed by atoms with E-state index >= 15 is 0 Å². The van der Waals surface area contributed by atoms with Crippen LogP contribution in [0.15, 0.2) is 48.5 Å². The average Bonchev–Trinajstić information content (AvgIpc) is 3.40. The van der Waals surface area contributed by atoms with E-state index in [1.165, 1.54) is 0 Å². The SMILES string of the molecule is Cc1cccc(CN2CCCn3nc(C(=O)NCc4ccc5c(c4)OCO5)cc3C2=O)c1. The predicted octanol–water partition coefficient (Wildman–Crippen LogP) is 2.90. The molecule has 0 saturated carbocycles. The summed E-state index contributed by atoms with van der Waals surface area (Å²) in [6.07, 6.45) is 0.782. The van der Waals surface area contributed by atoms with Gasteiger partial charge in [0.05, 0.1) is 0 Å². The molecule has 1 N–H and O–H groups in total. The Morgan fingerprint density at radius 3 is 2.81 bits per heavy atom. The minimum atomic E-state index is -0.318. The summed E-state index contributed by atoms with van der Waals surface area (Å²) in [5.41, 5.74) is 3.84. The Labute approximate surface area is 185 Å². The molecular weight excluding hydrogens is 408 g/mol. The van der Waals surface area contributed by atoms with E-state index in [4.69, 9.17) is 9.47 Å². The quantitative estimate of drug-likeness (QED) is 0.670. The summed E-state index contributed by atoms with van der Waals surface area (Å²) in [6.45, 7) is 4.36. The van der Waals surface area contributed by atoms with Gasteiger partial charge in [-0.2, -0.15) is 5.10 Å². The Morgan fingerprint density at radius 2 is 1.94 bits per heavy atom. The second-order valence-corrected chi connectivity index (χ2v) is 8.08. The predicted molar refractivity (Wildman–Crippen MR) is 116 cm³/mol. The number of nitrogens with zero attached hydrogens (tertiary/aromatic N) is 3. The lowest BCUT2D eigenvalue weighted by Gasteiger charge is -2.20. The molecule has 0 aliphatic carbocycles. The summed E-state index contributed by atoms with van der Waals surface area (Å²) in [4.78, 5) is 27.7. The van der Waals surface area contributed by atoms with E-state index in [-0.39, 0.29) is 24.3 Å².